The first kappa shape index (κ1) is 16.0. The second-order valence-electron chi connectivity index (χ2n) is 5.02. The van der Waals surface area contributed by atoms with Gasteiger partial charge in [0.1, 0.15) is 0 Å². The Hall–Kier alpha value is -1.39. The molecule has 0 bridgehead atoms. The van der Waals surface area contributed by atoms with E-state index in [1.54, 1.807) is 23.5 Å². The average Bonchev–Trinajstić information content (AvgIpc) is 3.00. The first-order valence-electron chi connectivity index (χ1n) is 7.33. The Bertz CT molecular complexity index is 542. The van der Waals surface area contributed by atoms with E-state index in [9.17, 15) is 4.39 Å². The summed E-state index contributed by atoms with van der Waals surface area (Å²) in [4.78, 5) is 1.37. The summed E-state index contributed by atoms with van der Waals surface area (Å²) in [6.45, 7) is 3.07. The van der Waals surface area contributed by atoms with Crippen molar-refractivity contribution in [3.63, 3.8) is 0 Å². The van der Waals surface area contributed by atoms with Crippen molar-refractivity contribution in [2.24, 2.45) is 0 Å². The van der Waals surface area contributed by atoms with Crippen molar-refractivity contribution >= 4 is 11.3 Å². The van der Waals surface area contributed by atoms with Gasteiger partial charge in [-0.1, -0.05) is 19.1 Å². The van der Waals surface area contributed by atoms with Gasteiger partial charge in [0.2, 0.25) is 0 Å². The highest BCUT2D eigenvalue weighted by Crippen LogP contribution is 2.25. The van der Waals surface area contributed by atoms with Crippen LogP contribution in [0.1, 0.15) is 36.2 Å². The number of aryl methyl sites for hydroxylation is 1. The summed E-state index contributed by atoms with van der Waals surface area (Å²) >= 11 is 1.77. The van der Waals surface area contributed by atoms with Gasteiger partial charge in [-0.3, -0.25) is 0 Å². The molecule has 2 aromatic rings. The lowest BCUT2D eigenvalue weighted by molar-refractivity contribution is 0.385. The fraction of sp³-hybridized carbons (Fsp3) is 0.412. The van der Waals surface area contributed by atoms with E-state index in [-0.39, 0.29) is 11.9 Å². The minimum absolute atomic E-state index is 0.174. The maximum atomic E-state index is 13.9. The third-order valence-corrected chi connectivity index (χ3v) is 4.41. The molecule has 0 fully saturated rings. The Kier molecular flexibility index (Phi) is 6.21. The fourth-order valence-electron chi connectivity index (χ4n) is 2.35. The lowest BCUT2D eigenvalue weighted by Crippen LogP contribution is -2.22. The number of rotatable bonds is 8. The number of benzene rings is 1. The van der Waals surface area contributed by atoms with E-state index in [0.717, 1.165) is 31.4 Å². The molecule has 4 heteroatoms. The summed E-state index contributed by atoms with van der Waals surface area (Å²) in [6, 6.07) is 9.63. The van der Waals surface area contributed by atoms with Gasteiger partial charge in [-0.2, -0.15) is 0 Å². The number of halogens is 1. The van der Waals surface area contributed by atoms with E-state index >= 15 is 0 Å². The molecule has 1 N–H and O–H groups in total. The van der Waals surface area contributed by atoms with Crippen LogP contribution in [0.25, 0.3) is 0 Å². The highest BCUT2D eigenvalue weighted by atomic mass is 32.1. The molecule has 0 amide bonds. The second-order valence-corrected chi connectivity index (χ2v) is 6.05. The highest BCUT2D eigenvalue weighted by molar-refractivity contribution is 7.09. The van der Waals surface area contributed by atoms with E-state index in [0.29, 0.717) is 5.75 Å². The lowest BCUT2D eigenvalue weighted by atomic mass is 10.0. The van der Waals surface area contributed by atoms with E-state index in [1.165, 1.54) is 12.0 Å². The molecule has 0 spiro atoms. The normalized spacial score (nSPS) is 12.3. The molecular weight excluding hydrogens is 285 g/mol. The topological polar surface area (TPSA) is 21.3 Å². The molecule has 1 atom stereocenters. The predicted molar refractivity (Wildman–Crippen MR) is 86.6 cm³/mol. The van der Waals surface area contributed by atoms with Gasteiger partial charge in [-0.05, 0) is 54.9 Å². The lowest BCUT2D eigenvalue weighted by Gasteiger charge is -2.19. The summed E-state index contributed by atoms with van der Waals surface area (Å²) in [5, 5.41) is 5.60. The summed E-state index contributed by atoms with van der Waals surface area (Å²) in [5.74, 6) is 0.000621. The van der Waals surface area contributed by atoms with Gasteiger partial charge in [-0.25, -0.2) is 4.39 Å². The molecular formula is C17H22FNOS. The average molecular weight is 307 g/mol. The second kappa shape index (κ2) is 8.15. The highest BCUT2D eigenvalue weighted by Gasteiger charge is 2.13. The maximum absolute atomic E-state index is 13.9. The Balaban J connectivity index is 2.08. The minimum Gasteiger partial charge on any atom is -0.494 e. The molecule has 0 saturated carbocycles. The molecule has 1 heterocycles. The van der Waals surface area contributed by atoms with Crippen LogP contribution in [0.3, 0.4) is 0 Å². The maximum Gasteiger partial charge on any atom is 0.165 e. The van der Waals surface area contributed by atoms with Gasteiger partial charge >= 0.3 is 0 Å². The fourth-order valence-corrected chi connectivity index (χ4v) is 3.07. The van der Waals surface area contributed by atoms with Gasteiger partial charge in [0.05, 0.1) is 7.11 Å². The Morgan fingerprint density at radius 3 is 2.81 bits per heavy atom. The van der Waals surface area contributed by atoms with Crippen LogP contribution in [-0.2, 0) is 6.42 Å². The van der Waals surface area contributed by atoms with Gasteiger partial charge in [0.15, 0.2) is 11.6 Å². The monoisotopic (exact) mass is 307 g/mol. The van der Waals surface area contributed by atoms with Crippen LogP contribution in [0, 0.1) is 5.82 Å². The van der Waals surface area contributed by atoms with Crippen molar-refractivity contribution in [2.75, 3.05) is 13.7 Å². The molecule has 0 aliphatic rings. The summed E-state index contributed by atoms with van der Waals surface area (Å²) in [7, 11) is 1.49. The Morgan fingerprint density at radius 1 is 1.33 bits per heavy atom. The zero-order valence-corrected chi connectivity index (χ0v) is 13.4. The number of ether oxygens (including phenoxy) is 1. The molecule has 0 aliphatic heterocycles. The number of thiophene rings is 1. The van der Waals surface area contributed by atoms with Crippen LogP contribution < -0.4 is 10.1 Å². The van der Waals surface area contributed by atoms with Crippen molar-refractivity contribution in [3.8, 4) is 5.75 Å². The molecule has 0 radical (unpaired) electrons. The third kappa shape index (κ3) is 4.55. The van der Waals surface area contributed by atoms with Crippen molar-refractivity contribution < 1.29 is 9.13 Å². The van der Waals surface area contributed by atoms with Gasteiger partial charge in [0, 0.05) is 10.9 Å². The molecule has 1 aromatic carbocycles. The quantitative estimate of drug-likeness (QED) is 0.771. The first-order valence-corrected chi connectivity index (χ1v) is 8.21. The Labute approximate surface area is 130 Å². The molecule has 1 unspecified atom stereocenters. The van der Waals surface area contributed by atoms with Gasteiger partial charge in [-0.15, -0.1) is 11.3 Å². The molecule has 2 nitrogen and oxygen atoms in total. The smallest absolute Gasteiger partial charge is 0.165 e. The van der Waals surface area contributed by atoms with E-state index in [1.807, 2.05) is 6.07 Å². The van der Waals surface area contributed by atoms with Crippen LogP contribution in [0.2, 0.25) is 0 Å². The van der Waals surface area contributed by atoms with Crippen molar-refractivity contribution in [1.82, 2.24) is 5.32 Å². The SMILES string of the molecule is CCCNC(CCc1cccs1)c1ccc(OC)c(F)c1. The zero-order valence-electron chi connectivity index (χ0n) is 12.6. The zero-order chi connectivity index (χ0) is 15.1. The number of nitrogens with one attached hydrogen (secondary N) is 1. The predicted octanol–water partition coefficient (Wildman–Crippen LogP) is 4.57. The Morgan fingerprint density at radius 2 is 2.19 bits per heavy atom. The largest absolute Gasteiger partial charge is 0.494 e. The van der Waals surface area contributed by atoms with Crippen molar-refractivity contribution in [1.29, 1.82) is 0 Å². The van der Waals surface area contributed by atoms with E-state index < -0.39 is 0 Å². The number of methoxy groups -OCH3 is 1. The molecule has 1 aromatic heterocycles. The molecule has 114 valence electrons. The summed E-state index contributed by atoms with van der Waals surface area (Å²) in [6.07, 6.45) is 3.03. The van der Waals surface area contributed by atoms with Crippen LogP contribution >= 0.6 is 11.3 Å². The van der Waals surface area contributed by atoms with Crippen molar-refractivity contribution in [2.45, 2.75) is 32.2 Å². The third-order valence-electron chi connectivity index (χ3n) is 3.48. The number of hydrogen-bond donors (Lipinski definition) is 1. The van der Waals surface area contributed by atoms with E-state index in [2.05, 4.69) is 29.8 Å². The van der Waals surface area contributed by atoms with Crippen LogP contribution in [0.15, 0.2) is 35.7 Å². The van der Waals surface area contributed by atoms with Crippen LogP contribution in [0.5, 0.6) is 5.75 Å². The molecule has 0 aliphatic carbocycles. The van der Waals surface area contributed by atoms with Gasteiger partial charge < -0.3 is 10.1 Å². The molecule has 21 heavy (non-hydrogen) atoms. The standard InChI is InChI=1S/C17H22FNOS/c1-3-10-19-16(8-7-14-5-4-11-21-14)13-6-9-17(20-2)15(18)12-13/h4-6,9,11-12,16,19H,3,7-8,10H2,1-2H3. The van der Waals surface area contributed by atoms with Crippen LogP contribution in [-0.4, -0.2) is 13.7 Å². The van der Waals surface area contributed by atoms with Crippen LogP contribution in [0.4, 0.5) is 4.39 Å². The first-order chi connectivity index (χ1) is 10.2. The van der Waals surface area contributed by atoms with E-state index in [4.69, 9.17) is 4.74 Å². The van der Waals surface area contributed by atoms with Crippen molar-refractivity contribution in [3.05, 3.63) is 52.0 Å². The minimum atomic E-state index is -0.297. The summed E-state index contributed by atoms with van der Waals surface area (Å²) in [5.41, 5.74) is 0.985. The van der Waals surface area contributed by atoms with Gasteiger partial charge in [0.25, 0.3) is 0 Å². The number of hydrogen-bond acceptors (Lipinski definition) is 3. The molecule has 0 saturated heterocycles. The summed E-state index contributed by atoms with van der Waals surface area (Å²) < 4.78 is 18.9. The molecule has 2 rings (SSSR count).